The molecule has 0 radical (unpaired) electrons. The monoisotopic (exact) mass is 87.1 g/mol. The van der Waals surface area contributed by atoms with Crippen LogP contribution in [0.15, 0.2) is 0 Å². The minimum atomic E-state index is -0.711. The number of aliphatic carboxylic acids is 1. The Balaban J connectivity index is 2.83. The third kappa shape index (κ3) is 3.47. The van der Waals surface area contributed by atoms with Crippen molar-refractivity contribution in [2.75, 3.05) is 0 Å². The van der Waals surface area contributed by atoms with E-state index in [1.54, 1.807) is 0 Å². The molecule has 2 heteroatoms. The smallest absolute Gasteiger partial charge is 0.303 e. The normalized spacial score (nSPS) is 8.17. The van der Waals surface area contributed by atoms with E-state index in [0.717, 1.165) is 6.42 Å². The molecule has 0 atom stereocenters. The van der Waals surface area contributed by atoms with Crippen molar-refractivity contribution in [2.24, 2.45) is 0 Å². The van der Waals surface area contributed by atoms with Gasteiger partial charge in [-0.2, -0.15) is 0 Å². The van der Waals surface area contributed by atoms with Gasteiger partial charge in [0.2, 0.25) is 0 Å². The van der Waals surface area contributed by atoms with Crippen LogP contribution in [-0.2, 0) is 4.79 Å². The molecular formula is C4H8O2. The number of hydrogen-bond donors (Lipinski definition) is 1. The summed E-state index contributed by atoms with van der Waals surface area (Å²) in [6.07, 6.45) is 1.02. The molecule has 0 aliphatic rings. The van der Waals surface area contributed by atoms with E-state index >= 15 is 0 Å². The van der Waals surface area contributed by atoms with Gasteiger partial charge in [-0.25, -0.2) is 0 Å². The fraction of sp³-hybridized carbons (Fsp3) is 0.750. The van der Waals surface area contributed by atoms with Crippen LogP contribution in [0.3, 0.4) is 0 Å². The first kappa shape index (κ1) is 5.47. The molecule has 0 saturated heterocycles. The van der Waals surface area contributed by atoms with Crippen LogP contribution in [0.2, 0.25) is 0 Å². The van der Waals surface area contributed by atoms with Crippen LogP contribution in [0, 0.1) is 0 Å². The van der Waals surface area contributed by atoms with Crippen molar-refractivity contribution in [3.8, 4) is 0 Å². The molecule has 0 aliphatic heterocycles. The highest BCUT2D eigenvalue weighted by molar-refractivity contribution is 5.66. The fourth-order valence-corrected chi connectivity index (χ4v) is 0.214. The molecule has 0 amide bonds. The van der Waals surface area contributed by atoms with Gasteiger partial charge in [0.25, 0.3) is 0 Å². The summed E-state index contributed by atoms with van der Waals surface area (Å²) in [6.45, 7) is 1.84. The van der Waals surface area contributed by atoms with Crippen LogP contribution in [0.5, 0.6) is 0 Å². The molecule has 0 aromatic carbocycles. The molecule has 0 aromatic heterocycles. The predicted molar refractivity (Wildman–Crippen MR) is 22.5 cm³/mol. The topological polar surface area (TPSA) is 37.3 Å². The van der Waals surface area contributed by atoms with E-state index in [4.69, 9.17) is 5.11 Å². The molecule has 36 valence electrons. The molecule has 2 nitrogen and oxygen atoms in total. The van der Waals surface area contributed by atoms with Crippen molar-refractivity contribution in [3.63, 3.8) is 0 Å². The summed E-state index contributed by atoms with van der Waals surface area (Å²) in [7, 11) is 0. The van der Waals surface area contributed by atoms with Gasteiger partial charge >= 0.3 is 5.97 Å². The van der Waals surface area contributed by atoms with E-state index in [1.807, 2.05) is 6.92 Å². The Labute approximate surface area is 36.8 Å². The van der Waals surface area contributed by atoms with Crippen LogP contribution >= 0.6 is 0 Å². The summed E-state index contributed by atoms with van der Waals surface area (Å²) in [5.41, 5.74) is 0. The highest BCUT2D eigenvalue weighted by Gasteiger charge is 1.87. The van der Waals surface area contributed by atoms with Crippen LogP contribution in [0.1, 0.15) is 19.8 Å². The lowest BCUT2D eigenvalue weighted by atomic mass is 10.1. The van der Waals surface area contributed by atoms with Crippen LogP contribution < -0.4 is 0 Å². The Morgan fingerprint density at radius 1 is 1.83 bits per heavy atom. The number of carboxylic acids is 1. The van der Waals surface area contributed by atoms with Crippen molar-refractivity contribution in [1.29, 1.82) is 0 Å². The number of rotatable bonds is 2. The molecule has 0 spiro atoms. The number of carbonyl (C=O) groups is 1. The van der Waals surface area contributed by atoms with Gasteiger partial charge in [-0.05, 0) is 6.42 Å². The summed E-state index contributed by atoms with van der Waals surface area (Å²) in [5, 5.41) is 7.91. The molecular weight excluding hydrogens is 79.0 g/mol. The van der Waals surface area contributed by atoms with Gasteiger partial charge in [0.05, 0.1) is 0 Å². The van der Waals surface area contributed by atoms with E-state index in [1.165, 1.54) is 0 Å². The average Bonchev–Trinajstić information content (AvgIpc) is 1.35. The van der Waals surface area contributed by atoms with Crippen LogP contribution in [-0.4, -0.2) is 11.1 Å². The van der Waals surface area contributed by atoms with Gasteiger partial charge < -0.3 is 5.11 Å². The minimum Gasteiger partial charge on any atom is -0.481 e. The molecule has 0 bridgehead atoms. The zero-order valence-electron chi connectivity index (χ0n) is 3.77. The largest absolute Gasteiger partial charge is 0.481 e. The van der Waals surface area contributed by atoms with Gasteiger partial charge in [-0.15, -0.1) is 0 Å². The molecule has 0 aromatic rings. The fourth-order valence-electron chi connectivity index (χ4n) is 0.214. The molecule has 0 saturated carbocycles. The number of carboxylic acid groups (broad SMARTS) is 1. The lowest BCUT2D eigenvalue weighted by Gasteiger charge is -1.79. The molecule has 1 N–H and O–H groups in total. The molecule has 0 fully saturated rings. The summed E-state index contributed by atoms with van der Waals surface area (Å²) in [4.78, 5) is 9.60. The molecule has 0 rings (SSSR count). The van der Waals surface area contributed by atoms with Crippen LogP contribution in [0.4, 0.5) is 0 Å². The van der Waals surface area contributed by atoms with Gasteiger partial charge in [-0.1, -0.05) is 6.92 Å². The van der Waals surface area contributed by atoms with Crippen molar-refractivity contribution in [1.82, 2.24) is 0 Å². The third-order valence-electron chi connectivity index (χ3n) is 0.464. The van der Waals surface area contributed by atoms with Crippen LogP contribution in [0.25, 0.3) is 0 Å². The third-order valence-corrected chi connectivity index (χ3v) is 0.464. The summed E-state index contributed by atoms with van der Waals surface area (Å²) in [6, 6.07) is 0. The second kappa shape index (κ2) is 2.69. The SMILES string of the molecule is [11CH3]CCC(=O)O. The van der Waals surface area contributed by atoms with Crippen molar-refractivity contribution >= 4 is 5.97 Å². The van der Waals surface area contributed by atoms with Crippen molar-refractivity contribution in [3.05, 3.63) is 0 Å². The van der Waals surface area contributed by atoms with Gasteiger partial charge in [0.1, 0.15) is 0 Å². The standard InChI is InChI=1S/C4H8O2/c1-2-3-4(5)6/h2-3H2,1H3,(H,5,6)/i1-1. The first-order valence-corrected chi connectivity index (χ1v) is 1.99. The van der Waals surface area contributed by atoms with Crippen molar-refractivity contribution in [2.45, 2.75) is 19.8 Å². The van der Waals surface area contributed by atoms with Crippen molar-refractivity contribution < 1.29 is 9.90 Å². The molecule has 0 unspecified atom stereocenters. The van der Waals surface area contributed by atoms with Gasteiger partial charge in [0, 0.05) is 6.42 Å². The zero-order valence-corrected chi connectivity index (χ0v) is 3.77. The van der Waals surface area contributed by atoms with Gasteiger partial charge in [0.15, 0.2) is 0 Å². The average molecular weight is 87.1 g/mol. The van der Waals surface area contributed by atoms with E-state index in [0.29, 0.717) is 6.42 Å². The maximum absolute atomic E-state index is 9.60. The second-order valence-electron chi connectivity index (χ2n) is 1.14. The lowest BCUT2D eigenvalue weighted by Crippen LogP contribution is -1.90. The minimum absolute atomic E-state index is 0.292. The van der Waals surface area contributed by atoms with E-state index in [9.17, 15) is 4.79 Å². The molecule has 0 aliphatic carbocycles. The quantitative estimate of drug-likeness (QED) is 0.542. The Morgan fingerprint density at radius 2 is 2.33 bits per heavy atom. The molecule has 0 heterocycles. The van der Waals surface area contributed by atoms with Gasteiger partial charge in [-0.3, -0.25) is 4.79 Å². The van der Waals surface area contributed by atoms with E-state index in [2.05, 4.69) is 0 Å². The first-order valence-electron chi connectivity index (χ1n) is 1.99. The second-order valence-corrected chi connectivity index (χ2v) is 1.14. The first-order chi connectivity index (χ1) is 2.77. The van der Waals surface area contributed by atoms with E-state index in [-0.39, 0.29) is 0 Å². The highest BCUT2D eigenvalue weighted by Crippen LogP contribution is 1.82. The Morgan fingerprint density at radius 3 is 2.33 bits per heavy atom. The summed E-state index contributed by atoms with van der Waals surface area (Å²) in [5.74, 6) is -0.711. The maximum atomic E-state index is 9.60. The van der Waals surface area contributed by atoms with E-state index < -0.39 is 5.97 Å². The summed E-state index contributed by atoms with van der Waals surface area (Å²) >= 11 is 0. The zero-order chi connectivity index (χ0) is 4.99. The Hall–Kier alpha value is -0.530. The Bertz CT molecular complexity index is 49.5. The Kier molecular flexibility index (Phi) is 2.46. The highest BCUT2D eigenvalue weighted by atomic mass is 16.4. The summed E-state index contributed by atoms with van der Waals surface area (Å²) < 4.78 is 0. The molecule has 6 heavy (non-hydrogen) atoms. The number of hydrogen-bond acceptors (Lipinski definition) is 1. The maximum Gasteiger partial charge on any atom is 0.303 e. The predicted octanol–water partition coefficient (Wildman–Crippen LogP) is 0.871. The lowest BCUT2D eigenvalue weighted by molar-refractivity contribution is -0.137.